The minimum atomic E-state index is -3.20. The second-order valence-electron chi connectivity index (χ2n) is 16.3. The monoisotopic (exact) mass is 866 g/mol. The Bertz CT molecular complexity index is 2150. The van der Waals surface area contributed by atoms with Crippen molar-refractivity contribution in [3.63, 3.8) is 0 Å². The van der Waals surface area contributed by atoms with Crippen molar-refractivity contribution < 1.29 is 36.7 Å². The van der Waals surface area contributed by atoms with E-state index in [1.807, 2.05) is 36.4 Å². The molecule has 0 bridgehead atoms. The molecule has 0 aliphatic carbocycles. The predicted octanol–water partition coefficient (Wildman–Crippen LogP) is 8.68. The Kier molecular flexibility index (Phi) is 13.4. The average molecular weight is 867 g/mol. The van der Waals surface area contributed by atoms with Gasteiger partial charge >= 0.3 is 22.4 Å². The number of aromatic amines is 1. The van der Waals surface area contributed by atoms with E-state index in [4.69, 9.17) is 61.3 Å². The van der Waals surface area contributed by atoms with Crippen molar-refractivity contribution in [3.05, 3.63) is 82.8 Å². The summed E-state index contributed by atoms with van der Waals surface area (Å²) in [7, 11) is -6.15. The second kappa shape index (κ2) is 17.8. The normalized spacial score (nSPS) is 21.6. The highest BCUT2D eigenvalue weighted by Crippen LogP contribution is 2.50. The molecule has 312 valence electrons. The number of thiocarbonyl (C=S) groups is 2. The van der Waals surface area contributed by atoms with Gasteiger partial charge in [0.15, 0.2) is 11.8 Å². The highest BCUT2D eigenvalue weighted by Gasteiger charge is 2.62. The number of carbonyl (C=O) groups excluding carboxylic acids is 1. The van der Waals surface area contributed by atoms with Gasteiger partial charge < -0.3 is 31.9 Å². The Labute approximate surface area is 352 Å². The van der Waals surface area contributed by atoms with Crippen molar-refractivity contribution in [1.82, 2.24) is 14.5 Å². The fourth-order valence-corrected chi connectivity index (χ4v) is 19.4. The summed E-state index contributed by atoms with van der Waals surface area (Å²) in [5.74, 6) is 0.192. The third-order valence-corrected chi connectivity index (χ3v) is 21.4. The first-order chi connectivity index (χ1) is 27.5. The molecule has 58 heavy (non-hydrogen) atoms. The van der Waals surface area contributed by atoms with Gasteiger partial charge in [-0.25, -0.2) is 0 Å². The SMILES string of the molecule is CC(C)C(=O)Nc1nc2c(cc([C@@H]3O[C@@H]4CO[Si](C(C)C)(C(C)C)O[Si](C(C)C)(C(C)C)O[C@H]4[C@H]3OC(=S)Oc3ccccc3)n2C(=S)Oc2ccccc2)c(=O)[nH]1. The number of ether oxygens (including phenoxy) is 4. The largest absolute Gasteiger partial charge is 0.447 e. The zero-order valence-electron chi connectivity index (χ0n) is 34.6. The highest BCUT2D eigenvalue weighted by atomic mass is 32.1. The van der Waals surface area contributed by atoms with Crippen LogP contribution in [0.2, 0.25) is 22.2 Å². The molecule has 4 aromatic rings. The van der Waals surface area contributed by atoms with Crippen LogP contribution >= 0.6 is 24.4 Å². The first-order valence-electron chi connectivity index (χ1n) is 19.8. The molecule has 2 saturated heterocycles. The molecule has 4 heterocycles. The maximum absolute atomic E-state index is 13.8. The lowest BCUT2D eigenvalue weighted by atomic mass is 10.1. The first-order valence-corrected chi connectivity index (χ1v) is 24.6. The molecule has 2 aliphatic heterocycles. The molecule has 13 nitrogen and oxygen atoms in total. The van der Waals surface area contributed by atoms with Gasteiger partial charge in [0.1, 0.15) is 29.8 Å². The van der Waals surface area contributed by atoms with Crippen LogP contribution in [0.15, 0.2) is 71.5 Å². The van der Waals surface area contributed by atoms with Gasteiger partial charge in [-0.1, -0.05) is 106 Å². The molecule has 2 aliphatic rings. The Balaban J connectivity index is 1.54. The summed E-state index contributed by atoms with van der Waals surface area (Å²) in [5.41, 5.74) is 0.215. The molecule has 2 aromatic carbocycles. The van der Waals surface area contributed by atoms with Crippen molar-refractivity contribution in [1.29, 1.82) is 0 Å². The predicted molar refractivity (Wildman–Crippen MR) is 235 cm³/mol. The standard InChI is InChI=1S/C41H54N4O9S2Si2/c1-23(2)37(46)43-39-42-36-30(38(47)44-39)21-31(45(36)40(55)49-28-17-13-11-14-18-28)33-35(52-41(56)50-29-19-15-12-16-20-29)34-32(51-33)22-48-57(24(3)4,25(5)6)54-58(53-34,26(7)8)27(9)10/h11-21,23-27,32-35H,22H2,1-10H3,(H2,42,43,44,46,47)/t32-,33+,34-,35+/m1/s1. The van der Waals surface area contributed by atoms with E-state index in [2.05, 4.69) is 65.7 Å². The number of benzene rings is 2. The van der Waals surface area contributed by atoms with Gasteiger partial charge in [-0.05, 0) is 64.7 Å². The molecule has 0 spiro atoms. The number of fused-ring (bicyclic) bond motifs is 2. The molecule has 0 unspecified atom stereocenters. The van der Waals surface area contributed by atoms with E-state index >= 15 is 0 Å². The van der Waals surface area contributed by atoms with Gasteiger partial charge in [0.05, 0.1) is 17.7 Å². The summed E-state index contributed by atoms with van der Waals surface area (Å²) in [4.78, 5) is 34.0. The van der Waals surface area contributed by atoms with E-state index < -0.39 is 47.1 Å². The van der Waals surface area contributed by atoms with Gasteiger partial charge in [-0.2, -0.15) is 4.98 Å². The zero-order chi connectivity index (χ0) is 42.1. The summed E-state index contributed by atoms with van der Waals surface area (Å²) in [5, 5.41) is 2.66. The maximum Gasteiger partial charge on any atom is 0.358 e. The van der Waals surface area contributed by atoms with E-state index in [1.54, 1.807) is 44.2 Å². The Morgan fingerprint density at radius 2 is 1.43 bits per heavy atom. The van der Waals surface area contributed by atoms with Crippen LogP contribution < -0.4 is 20.3 Å². The van der Waals surface area contributed by atoms with Crippen LogP contribution in [0.5, 0.6) is 11.5 Å². The number of amides is 1. The fourth-order valence-electron chi connectivity index (χ4n) is 7.69. The smallest absolute Gasteiger partial charge is 0.358 e. The Morgan fingerprint density at radius 3 is 1.98 bits per heavy atom. The van der Waals surface area contributed by atoms with Crippen LogP contribution in [0.25, 0.3) is 11.0 Å². The molecule has 2 aromatic heterocycles. The number of para-hydroxylation sites is 2. The van der Waals surface area contributed by atoms with Crippen LogP contribution in [0.4, 0.5) is 5.95 Å². The number of rotatable bonds is 10. The summed E-state index contributed by atoms with van der Waals surface area (Å²) >= 11 is 11.8. The van der Waals surface area contributed by atoms with Crippen molar-refractivity contribution in [2.24, 2.45) is 5.92 Å². The molecular weight excluding hydrogens is 813 g/mol. The molecule has 17 heteroatoms. The van der Waals surface area contributed by atoms with Gasteiger partial charge in [0.2, 0.25) is 11.9 Å². The number of carbonyl (C=O) groups is 1. The quantitative estimate of drug-likeness (QED) is 0.116. The van der Waals surface area contributed by atoms with Gasteiger partial charge in [0, 0.05) is 18.1 Å². The lowest BCUT2D eigenvalue weighted by molar-refractivity contribution is -0.118. The number of hydrogen-bond donors (Lipinski definition) is 2. The summed E-state index contributed by atoms with van der Waals surface area (Å²) < 4.78 is 49.5. The van der Waals surface area contributed by atoms with Crippen LogP contribution in [-0.4, -0.2) is 72.9 Å². The number of hydrogen-bond acceptors (Lipinski definition) is 12. The number of nitrogens with zero attached hydrogens (tertiary/aromatic N) is 2. The molecule has 0 saturated carbocycles. The first kappa shape index (κ1) is 43.8. The van der Waals surface area contributed by atoms with E-state index in [0.29, 0.717) is 17.2 Å². The topological polar surface area (TPSA) is 144 Å². The lowest BCUT2D eigenvalue weighted by Gasteiger charge is -2.51. The number of aromatic nitrogens is 3. The Hall–Kier alpha value is -3.82. The molecule has 2 fully saturated rings. The van der Waals surface area contributed by atoms with Crippen molar-refractivity contribution in [2.45, 2.75) is 116 Å². The minimum Gasteiger partial charge on any atom is -0.447 e. The molecule has 6 rings (SSSR count). The van der Waals surface area contributed by atoms with Crippen molar-refractivity contribution >= 4 is 74.9 Å². The number of nitrogens with one attached hydrogen (secondary N) is 2. The van der Waals surface area contributed by atoms with E-state index in [-0.39, 0.29) is 68.0 Å². The lowest BCUT2D eigenvalue weighted by Crippen LogP contribution is -2.66. The molecular formula is C41H54N4O9S2Si2. The van der Waals surface area contributed by atoms with Gasteiger partial charge in [-0.15, -0.1) is 0 Å². The molecule has 1 amide bonds. The van der Waals surface area contributed by atoms with E-state index in [0.717, 1.165) is 0 Å². The van der Waals surface area contributed by atoms with Gasteiger partial charge in [-0.3, -0.25) is 24.5 Å². The van der Waals surface area contributed by atoms with E-state index in [1.165, 1.54) is 4.57 Å². The van der Waals surface area contributed by atoms with Gasteiger partial charge in [0.25, 0.3) is 10.7 Å². The molecule has 0 radical (unpaired) electrons. The third kappa shape index (κ3) is 8.72. The zero-order valence-corrected chi connectivity index (χ0v) is 38.3. The van der Waals surface area contributed by atoms with Crippen LogP contribution in [0.3, 0.4) is 0 Å². The number of H-pyrrole nitrogens is 1. The van der Waals surface area contributed by atoms with Crippen LogP contribution in [0, 0.1) is 5.92 Å². The average Bonchev–Trinajstić information content (AvgIpc) is 3.69. The van der Waals surface area contributed by atoms with Crippen LogP contribution in [-0.2, 0) is 27.2 Å². The number of anilines is 1. The molecule has 4 atom stereocenters. The second-order valence-corrected chi connectivity index (χ2v) is 25.8. The van der Waals surface area contributed by atoms with Crippen molar-refractivity contribution in [3.8, 4) is 11.5 Å². The fraction of sp³-hybridized carbons (Fsp3) is 0.488. The van der Waals surface area contributed by atoms with Crippen LogP contribution in [0.1, 0.15) is 81.0 Å². The summed E-state index contributed by atoms with van der Waals surface area (Å²) in [6.07, 6.45) is -3.40. The summed E-state index contributed by atoms with van der Waals surface area (Å²) in [6, 6.07) is 19.8. The highest BCUT2D eigenvalue weighted by molar-refractivity contribution is 7.80. The summed E-state index contributed by atoms with van der Waals surface area (Å²) in [6.45, 7) is 20.8. The van der Waals surface area contributed by atoms with Crippen molar-refractivity contribution in [2.75, 3.05) is 11.9 Å². The Morgan fingerprint density at radius 1 is 0.862 bits per heavy atom. The third-order valence-electron chi connectivity index (χ3n) is 10.7. The van der Waals surface area contributed by atoms with E-state index in [9.17, 15) is 9.59 Å². The minimum absolute atomic E-state index is 0.00646. The molecule has 2 N–H and O–H groups in total. The maximum atomic E-state index is 13.8.